The highest BCUT2D eigenvalue weighted by atomic mass is 16.6. The number of aryl methyl sites for hydroxylation is 1. The van der Waals surface area contributed by atoms with E-state index in [1.165, 1.54) is 18.1 Å². The Balaban J connectivity index is 1.57. The SMILES string of the molecule is CC(=O)OCCC1[C@@H](C)C[C@H]2C(=O)O[C@H](C)[C@H]2[C@H]1/C=C/c1ccc(-c2ccccc2C)cn1. The normalized spacial score (nSPS) is 29.0. The maximum Gasteiger partial charge on any atom is 0.309 e. The molecule has 1 saturated carbocycles. The lowest BCUT2D eigenvalue weighted by Gasteiger charge is -2.42. The molecule has 0 spiro atoms. The summed E-state index contributed by atoms with van der Waals surface area (Å²) in [6.07, 6.45) is 7.68. The molecule has 4 rings (SSSR count). The fourth-order valence-electron chi connectivity index (χ4n) is 5.76. The second-order valence-electron chi connectivity index (χ2n) is 9.55. The Morgan fingerprint density at radius 2 is 2.00 bits per heavy atom. The topological polar surface area (TPSA) is 65.5 Å². The highest BCUT2D eigenvalue weighted by Gasteiger charge is 2.52. The van der Waals surface area contributed by atoms with Gasteiger partial charge in [0, 0.05) is 24.6 Å². The van der Waals surface area contributed by atoms with Crippen LogP contribution in [0, 0.1) is 36.5 Å². The molecule has 0 N–H and O–H groups in total. The average Bonchev–Trinajstić information content (AvgIpc) is 3.06. The Hall–Kier alpha value is -2.95. The molecule has 0 amide bonds. The predicted molar refractivity (Wildman–Crippen MR) is 128 cm³/mol. The number of esters is 2. The van der Waals surface area contributed by atoms with Gasteiger partial charge in [0.15, 0.2) is 0 Å². The van der Waals surface area contributed by atoms with E-state index < -0.39 is 0 Å². The number of rotatable bonds is 6. The summed E-state index contributed by atoms with van der Waals surface area (Å²) in [5, 5.41) is 0. The number of aromatic nitrogens is 1. The van der Waals surface area contributed by atoms with Crippen molar-refractivity contribution in [3.63, 3.8) is 0 Å². The van der Waals surface area contributed by atoms with E-state index in [4.69, 9.17) is 9.47 Å². The Kier molecular flexibility index (Phi) is 6.96. The first-order valence-electron chi connectivity index (χ1n) is 11.9. The summed E-state index contributed by atoms with van der Waals surface area (Å²) in [7, 11) is 0. The first-order chi connectivity index (χ1) is 15.8. The van der Waals surface area contributed by atoms with Crippen molar-refractivity contribution in [1.29, 1.82) is 0 Å². The highest BCUT2D eigenvalue weighted by molar-refractivity contribution is 5.75. The van der Waals surface area contributed by atoms with Crippen molar-refractivity contribution in [2.24, 2.45) is 29.6 Å². The van der Waals surface area contributed by atoms with Gasteiger partial charge in [-0.3, -0.25) is 14.6 Å². The summed E-state index contributed by atoms with van der Waals surface area (Å²) in [4.78, 5) is 28.4. The number of hydrogen-bond acceptors (Lipinski definition) is 5. The Labute approximate surface area is 196 Å². The largest absolute Gasteiger partial charge is 0.466 e. The molecule has 5 heteroatoms. The van der Waals surface area contributed by atoms with Crippen LogP contribution in [-0.2, 0) is 19.1 Å². The van der Waals surface area contributed by atoms with E-state index in [1.54, 1.807) is 0 Å². The lowest BCUT2D eigenvalue weighted by Crippen LogP contribution is -2.41. The third-order valence-corrected chi connectivity index (χ3v) is 7.40. The molecule has 2 aromatic rings. The minimum absolute atomic E-state index is 0.0639. The first kappa shape index (κ1) is 23.2. The van der Waals surface area contributed by atoms with Crippen LogP contribution in [0.4, 0.5) is 0 Å². The van der Waals surface area contributed by atoms with Crippen molar-refractivity contribution in [1.82, 2.24) is 4.98 Å². The van der Waals surface area contributed by atoms with Crippen molar-refractivity contribution < 1.29 is 19.1 Å². The molecule has 0 bridgehead atoms. The Morgan fingerprint density at radius 3 is 2.70 bits per heavy atom. The van der Waals surface area contributed by atoms with Gasteiger partial charge in [-0.25, -0.2) is 0 Å². The molecule has 1 aromatic heterocycles. The minimum Gasteiger partial charge on any atom is -0.466 e. The molecule has 174 valence electrons. The quantitative estimate of drug-likeness (QED) is 0.549. The number of ether oxygens (including phenoxy) is 2. The van der Waals surface area contributed by atoms with Crippen molar-refractivity contribution in [2.75, 3.05) is 6.61 Å². The lowest BCUT2D eigenvalue weighted by molar-refractivity contribution is -0.144. The van der Waals surface area contributed by atoms with Crippen molar-refractivity contribution in [3.05, 3.63) is 59.9 Å². The van der Waals surface area contributed by atoms with Crippen LogP contribution in [0.25, 0.3) is 17.2 Å². The molecule has 2 fully saturated rings. The molecule has 1 aliphatic carbocycles. The minimum atomic E-state index is -0.255. The number of cyclic esters (lactones) is 1. The maximum absolute atomic E-state index is 12.5. The lowest BCUT2D eigenvalue weighted by atomic mass is 9.61. The molecule has 2 heterocycles. The van der Waals surface area contributed by atoms with E-state index in [0.717, 1.165) is 24.1 Å². The third kappa shape index (κ3) is 5.02. The van der Waals surface area contributed by atoms with Gasteiger partial charge in [0.2, 0.25) is 0 Å². The molecule has 1 aromatic carbocycles. The number of pyridine rings is 1. The number of allylic oxidation sites excluding steroid dienone is 1. The molecule has 0 radical (unpaired) electrons. The monoisotopic (exact) mass is 447 g/mol. The summed E-state index contributed by atoms with van der Waals surface area (Å²) in [6.45, 7) is 8.14. The van der Waals surface area contributed by atoms with E-state index in [-0.39, 0.29) is 35.8 Å². The second kappa shape index (κ2) is 9.90. The summed E-state index contributed by atoms with van der Waals surface area (Å²) in [5.41, 5.74) is 4.39. The van der Waals surface area contributed by atoms with Gasteiger partial charge < -0.3 is 9.47 Å². The van der Waals surface area contributed by atoms with Gasteiger partial charge in [-0.1, -0.05) is 43.3 Å². The van der Waals surface area contributed by atoms with Crippen molar-refractivity contribution >= 4 is 18.0 Å². The van der Waals surface area contributed by atoms with E-state index in [9.17, 15) is 9.59 Å². The van der Waals surface area contributed by atoms with Crippen LogP contribution in [0.5, 0.6) is 0 Å². The molecule has 33 heavy (non-hydrogen) atoms. The molecule has 2 aliphatic rings. The summed E-state index contributed by atoms with van der Waals surface area (Å²) < 4.78 is 10.9. The highest BCUT2D eigenvalue weighted by Crippen LogP contribution is 2.50. The third-order valence-electron chi connectivity index (χ3n) is 7.40. The van der Waals surface area contributed by atoms with Crippen LogP contribution in [0.1, 0.15) is 44.9 Å². The van der Waals surface area contributed by atoms with Crippen LogP contribution in [0.15, 0.2) is 48.7 Å². The average molecular weight is 448 g/mol. The van der Waals surface area contributed by atoms with Gasteiger partial charge >= 0.3 is 11.9 Å². The van der Waals surface area contributed by atoms with Gasteiger partial charge in [0.25, 0.3) is 0 Å². The first-order valence-corrected chi connectivity index (χ1v) is 11.9. The van der Waals surface area contributed by atoms with Gasteiger partial charge in [0.05, 0.1) is 18.2 Å². The fraction of sp³-hybridized carbons (Fsp3) is 0.464. The standard InChI is InChI=1S/C28H33NO4/c1-17-7-5-6-8-23(17)21-9-10-22(29-16-21)11-12-25-24(13-14-32-20(4)30)18(2)15-26-27(25)19(3)33-28(26)31/h5-12,16,18-19,24-27H,13-15H2,1-4H3/b12-11+/t18-,19+,24?,25-,26+,27-/m0/s1. The molecule has 1 aliphatic heterocycles. The van der Waals surface area contributed by atoms with Gasteiger partial charge in [0.1, 0.15) is 6.10 Å². The van der Waals surface area contributed by atoms with E-state index in [0.29, 0.717) is 18.4 Å². The summed E-state index contributed by atoms with van der Waals surface area (Å²) in [5.74, 6) is 0.555. The molecule has 5 nitrogen and oxygen atoms in total. The number of carbonyl (C=O) groups is 2. The molecular formula is C28H33NO4. The molecule has 1 unspecified atom stereocenters. The Morgan fingerprint density at radius 1 is 1.21 bits per heavy atom. The van der Waals surface area contributed by atoms with E-state index in [2.05, 4.69) is 49.2 Å². The fourth-order valence-corrected chi connectivity index (χ4v) is 5.76. The predicted octanol–water partition coefficient (Wildman–Crippen LogP) is 5.47. The molecule has 6 atom stereocenters. The van der Waals surface area contributed by atoms with Gasteiger partial charge in [-0.2, -0.15) is 0 Å². The van der Waals surface area contributed by atoms with Crippen LogP contribution in [0.3, 0.4) is 0 Å². The van der Waals surface area contributed by atoms with Crippen molar-refractivity contribution in [3.8, 4) is 11.1 Å². The van der Waals surface area contributed by atoms with Crippen LogP contribution >= 0.6 is 0 Å². The zero-order valence-electron chi connectivity index (χ0n) is 19.9. The second-order valence-corrected chi connectivity index (χ2v) is 9.55. The van der Waals surface area contributed by atoms with Gasteiger partial charge in [-0.15, -0.1) is 0 Å². The summed E-state index contributed by atoms with van der Waals surface area (Å²) >= 11 is 0. The van der Waals surface area contributed by atoms with Crippen LogP contribution < -0.4 is 0 Å². The van der Waals surface area contributed by atoms with Crippen LogP contribution in [-0.4, -0.2) is 29.6 Å². The molecule has 1 saturated heterocycles. The van der Waals surface area contributed by atoms with Gasteiger partial charge in [-0.05, 0) is 67.7 Å². The van der Waals surface area contributed by atoms with E-state index in [1.807, 2.05) is 31.3 Å². The zero-order chi connectivity index (χ0) is 23.5. The maximum atomic E-state index is 12.5. The van der Waals surface area contributed by atoms with Crippen LogP contribution in [0.2, 0.25) is 0 Å². The van der Waals surface area contributed by atoms with E-state index >= 15 is 0 Å². The number of fused-ring (bicyclic) bond motifs is 1. The Bertz CT molecular complexity index is 1030. The number of carbonyl (C=O) groups excluding carboxylic acids is 2. The number of hydrogen-bond donors (Lipinski definition) is 0. The number of benzene rings is 1. The molecular weight excluding hydrogens is 414 g/mol. The van der Waals surface area contributed by atoms with Crippen molar-refractivity contribution in [2.45, 2.75) is 46.6 Å². The summed E-state index contributed by atoms with van der Waals surface area (Å²) in [6, 6.07) is 12.4. The number of nitrogens with zero attached hydrogens (tertiary/aromatic N) is 1. The zero-order valence-corrected chi connectivity index (χ0v) is 19.9. The smallest absolute Gasteiger partial charge is 0.309 e.